The van der Waals surface area contributed by atoms with E-state index < -0.39 is 0 Å². The zero-order chi connectivity index (χ0) is 15.4. The molecule has 3 rings (SSSR count). The molecule has 1 N–H and O–H groups in total. The Hall–Kier alpha value is -2.32. The molecular formula is C17H20N4O. The SMILES string of the molecule is N#Cc1ccc(N2CCC(c3ccnn3CCO)CC2)cc1. The topological polar surface area (TPSA) is 65.1 Å². The highest BCUT2D eigenvalue weighted by Crippen LogP contribution is 2.30. The Bertz CT molecular complexity index is 648. The second-order valence-corrected chi connectivity index (χ2v) is 5.62. The lowest BCUT2D eigenvalue weighted by atomic mass is 9.93. The number of aliphatic hydroxyl groups excluding tert-OH is 1. The van der Waals surface area contributed by atoms with Crippen LogP contribution in [-0.4, -0.2) is 34.6 Å². The third kappa shape index (κ3) is 2.97. The fourth-order valence-corrected chi connectivity index (χ4v) is 3.15. The highest BCUT2D eigenvalue weighted by Gasteiger charge is 2.23. The summed E-state index contributed by atoms with van der Waals surface area (Å²) in [6.45, 7) is 2.69. The average Bonchev–Trinajstić information content (AvgIpc) is 3.04. The van der Waals surface area contributed by atoms with Gasteiger partial charge in [0.2, 0.25) is 0 Å². The lowest BCUT2D eigenvalue weighted by molar-refractivity contribution is 0.265. The molecule has 0 aliphatic carbocycles. The lowest BCUT2D eigenvalue weighted by Crippen LogP contribution is -2.33. The van der Waals surface area contributed by atoms with Crippen molar-refractivity contribution in [1.29, 1.82) is 5.26 Å². The van der Waals surface area contributed by atoms with Gasteiger partial charge in [0.25, 0.3) is 0 Å². The predicted molar refractivity (Wildman–Crippen MR) is 84.7 cm³/mol. The van der Waals surface area contributed by atoms with Gasteiger partial charge in [0, 0.05) is 36.6 Å². The molecule has 1 saturated heterocycles. The largest absolute Gasteiger partial charge is 0.394 e. The summed E-state index contributed by atoms with van der Waals surface area (Å²) in [5, 5.41) is 22.3. The first-order chi connectivity index (χ1) is 10.8. The van der Waals surface area contributed by atoms with E-state index in [1.165, 1.54) is 11.4 Å². The van der Waals surface area contributed by atoms with E-state index in [2.05, 4.69) is 22.1 Å². The maximum atomic E-state index is 9.10. The molecule has 0 radical (unpaired) electrons. The third-order valence-electron chi connectivity index (χ3n) is 4.34. The zero-order valence-corrected chi connectivity index (χ0v) is 12.5. The van der Waals surface area contributed by atoms with E-state index >= 15 is 0 Å². The fraction of sp³-hybridized carbons (Fsp3) is 0.412. The van der Waals surface area contributed by atoms with Gasteiger partial charge in [0.1, 0.15) is 0 Å². The Morgan fingerprint density at radius 1 is 1.18 bits per heavy atom. The quantitative estimate of drug-likeness (QED) is 0.938. The van der Waals surface area contributed by atoms with Crippen LogP contribution < -0.4 is 4.90 Å². The summed E-state index contributed by atoms with van der Waals surface area (Å²) in [5.41, 5.74) is 3.11. The molecule has 0 saturated carbocycles. The monoisotopic (exact) mass is 296 g/mol. The Morgan fingerprint density at radius 2 is 1.91 bits per heavy atom. The van der Waals surface area contributed by atoms with E-state index in [1.807, 2.05) is 35.1 Å². The summed E-state index contributed by atoms with van der Waals surface area (Å²) in [7, 11) is 0. The highest BCUT2D eigenvalue weighted by molar-refractivity contribution is 5.50. The fourth-order valence-electron chi connectivity index (χ4n) is 3.15. The van der Waals surface area contributed by atoms with E-state index in [0.29, 0.717) is 18.0 Å². The van der Waals surface area contributed by atoms with Gasteiger partial charge >= 0.3 is 0 Å². The van der Waals surface area contributed by atoms with Gasteiger partial charge in [0.15, 0.2) is 0 Å². The minimum atomic E-state index is 0.124. The maximum Gasteiger partial charge on any atom is 0.0991 e. The number of anilines is 1. The molecular weight excluding hydrogens is 276 g/mol. The number of piperidine rings is 1. The first kappa shape index (κ1) is 14.6. The standard InChI is InChI=1S/C17H20N4O/c18-13-14-1-3-16(4-2-14)20-9-6-15(7-10-20)17-5-8-19-21(17)11-12-22/h1-5,8,15,22H,6-7,9-12H2. The number of hydrogen-bond donors (Lipinski definition) is 1. The van der Waals surface area contributed by atoms with Crippen LogP contribution >= 0.6 is 0 Å². The number of benzene rings is 1. The summed E-state index contributed by atoms with van der Waals surface area (Å²) in [6, 6.07) is 12.0. The molecule has 2 heterocycles. The summed E-state index contributed by atoms with van der Waals surface area (Å²) >= 11 is 0. The number of nitriles is 1. The lowest BCUT2D eigenvalue weighted by Gasteiger charge is -2.33. The van der Waals surface area contributed by atoms with Gasteiger partial charge in [-0.05, 0) is 43.2 Å². The molecule has 1 aliphatic heterocycles. The van der Waals surface area contributed by atoms with Crippen molar-refractivity contribution in [1.82, 2.24) is 9.78 Å². The van der Waals surface area contributed by atoms with E-state index in [1.54, 1.807) is 0 Å². The number of aromatic nitrogens is 2. The van der Waals surface area contributed by atoms with Gasteiger partial charge in [-0.2, -0.15) is 10.4 Å². The maximum absolute atomic E-state index is 9.10. The van der Waals surface area contributed by atoms with E-state index in [9.17, 15) is 0 Å². The third-order valence-corrected chi connectivity index (χ3v) is 4.34. The minimum Gasteiger partial charge on any atom is -0.394 e. The number of aliphatic hydroxyl groups is 1. The van der Waals surface area contributed by atoms with E-state index in [-0.39, 0.29) is 6.61 Å². The van der Waals surface area contributed by atoms with Crippen molar-refractivity contribution in [2.75, 3.05) is 24.6 Å². The molecule has 0 unspecified atom stereocenters. The predicted octanol–water partition coefficient (Wildman–Crippen LogP) is 2.13. The van der Waals surface area contributed by atoms with Crippen LogP contribution in [0.3, 0.4) is 0 Å². The highest BCUT2D eigenvalue weighted by atomic mass is 16.3. The van der Waals surface area contributed by atoms with Gasteiger partial charge in [-0.3, -0.25) is 4.68 Å². The van der Waals surface area contributed by atoms with E-state index in [4.69, 9.17) is 10.4 Å². The van der Waals surface area contributed by atoms with E-state index in [0.717, 1.165) is 25.9 Å². The summed E-state index contributed by atoms with van der Waals surface area (Å²) in [4.78, 5) is 2.37. The Balaban J connectivity index is 1.64. The second-order valence-electron chi connectivity index (χ2n) is 5.62. The van der Waals surface area contributed by atoms with Crippen molar-refractivity contribution in [2.45, 2.75) is 25.3 Å². The summed E-state index contributed by atoms with van der Waals surface area (Å²) < 4.78 is 1.92. The van der Waals surface area contributed by atoms with Gasteiger partial charge in [0.05, 0.1) is 24.8 Å². The average molecular weight is 296 g/mol. The normalized spacial score (nSPS) is 15.7. The molecule has 1 aromatic heterocycles. The number of hydrogen-bond acceptors (Lipinski definition) is 4. The smallest absolute Gasteiger partial charge is 0.0991 e. The molecule has 0 amide bonds. The van der Waals surface area contributed by atoms with Gasteiger partial charge < -0.3 is 10.0 Å². The molecule has 114 valence electrons. The van der Waals surface area contributed by atoms with Crippen molar-refractivity contribution >= 4 is 5.69 Å². The van der Waals surface area contributed by atoms with Crippen LogP contribution in [0, 0.1) is 11.3 Å². The van der Waals surface area contributed by atoms with Crippen molar-refractivity contribution in [3.05, 3.63) is 47.8 Å². The van der Waals surface area contributed by atoms with Crippen molar-refractivity contribution in [2.24, 2.45) is 0 Å². The molecule has 0 bridgehead atoms. The van der Waals surface area contributed by atoms with Crippen LogP contribution in [0.25, 0.3) is 0 Å². The molecule has 22 heavy (non-hydrogen) atoms. The van der Waals surface area contributed by atoms with Crippen LogP contribution in [0.15, 0.2) is 36.5 Å². The molecule has 0 spiro atoms. The van der Waals surface area contributed by atoms with Gasteiger partial charge in [-0.1, -0.05) is 0 Å². The van der Waals surface area contributed by atoms with Crippen molar-refractivity contribution < 1.29 is 5.11 Å². The molecule has 0 atom stereocenters. The van der Waals surface area contributed by atoms with Gasteiger partial charge in [-0.25, -0.2) is 0 Å². The molecule has 1 aromatic carbocycles. The van der Waals surface area contributed by atoms with Gasteiger partial charge in [-0.15, -0.1) is 0 Å². The van der Waals surface area contributed by atoms with Crippen LogP contribution in [0.2, 0.25) is 0 Å². The molecule has 1 aliphatic rings. The van der Waals surface area contributed by atoms with Crippen molar-refractivity contribution in [3.63, 3.8) is 0 Å². The van der Waals surface area contributed by atoms with Crippen LogP contribution in [0.5, 0.6) is 0 Å². The minimum absolute atomic E-state index is 0.124. The van der Waals surface area contributed by atoms with Crippen LogP contribution in [0.4, 0.5) is 5.69 Å². The molecule has 5 nitrogen and oxygen atoms in total. The Labute approximate surface area is 130 Å². The summed E-state index contributed by atoms with van der Waals surface area (Å²) in [5.74, 6) is 0.503. The molecule has 1 fully saturated rings. The summed E-state index contributed by atoms with van der Waals surface area (Å²) in [6.07, 6.45) is 3.98. The Kier molecular flexibility index (Phi) is 4.40. The van der Waals surface area contributed by atoms with Crippen LogP contribution in [-0.2, 0) is 6.54 Å². The second kappa shape index (κ2) is 6.63. The first-order valence-corrected chi connectivity index (χ1v) is 7.69. The zero-order valence-electron chi connectivity index (χ0n) is 12.5. The Morgan fingerprint density at radius 3 is 2.55 bits per heavy atom. The number of rotatable bonds is 4. The molecule has 2 aromatic rings. The first-order valence-electron chi connectivity index (χ1n) is 7.69. The van der Waals surface area contributed by atoms with Crippen LogP contribution in [0.1, 0.15) is 30.0 Å². The molecule has 5 heteroatoms. The number of nitrogens with zero attached hydrogens (tertiary/aromatic N) is 4. The van der Waals surface area contributed by atoms with Crippen molar-refractivity contribution in [3.8, 4) is 6.07 Å².